The van der Waals surface area contributed by atoms with Crippen LogP contribution in [0, 0.1) is 0 Å². The molecule has 2 aromatic heterocycles. The number of aromatic nitrogens is 2. The van der Waals surface area contributed by atoms with E-state index in [4.69, 9.17) is 17.3 Å². The number of hydrogen-bond donors (Lipinski definition) is 1. The molecule has 0 aliphatic carbocycles. The van der Waals surface area contributed by atoms with Crippen LogP contribution in [-0.4, -0.2) is 9.38 Å². The molecule has 0 fully saturated rings. The lowest BCUT2D eigenvalue weighted by molar-refractivity contribution is 1.19. The van der Waals surface area contributed by atoms with Gasteiger partial charge >= 0.3 is 0 Å². The number of anilines is 1. The van der Waals surface area contributed by atoms with E-state index in [0.29, 0.717) is 10.7 Å². The van der Waals surface area contributed by atoms with Crippen LogP contribution in [0.15, 0.2) is 48.8 Å². The molecule has 2 N–H and O–H groups in total. The van der Waals surface area contributed by atoms with Gasteiger partial charge in [-0.3, -0.25) is 4.40 Å². The van der Waals surface area contributed by atoms with E-state index in [1.165, 1.54) is 0 Å². The fourth-order valence-electron chi connectivity index (χ4n) is 1.92. The van der Waals surface area contributed by atoms with Gasteiger partial charge in [0.05, 0.1) is 5.69 Å². The van der Waals surface area contributed by atoms with Crippen LogP contribution in [0.3, 0.4) is 0 Å². The van der Waals surface area contributed by atoms with Crippen molar-refractivity contribution in [1.82, 2.24) is 9.38 Å². The highest BCUT2D eigenvalue weighted by molar-refractivity contribution is 6.31. The predicted molar refractivity (Wildman–Crippen MR) is 70.1 cm³/mol. The average molecular weight is 244 g/mol. The molecule has 2 heterocycles. The van der Waals surface area contributed by atoms with Crippen LogP contribution in [0.25, 0.3) is 16.9 Å². The summed E-state index contributed by atoms with van der Waals surface area (Å²) in [5, 5.41) is 0.673. The van der Waals surface area contributed by atoms with Crippen molar-refractivity contribution in [3.05, 3.63) is 53.8 Å². The Balaban J connectivity index is 2.34. The number of nitrogens with two attached hydrogens (primary N) is 1. The molecular weight excluding hydrogens is 234 g/mol. The first-order valence-corrected chi connectivity index (χ1v) is 5.61. The normalized spacial score (nSPS) is 10.9. The van der Waals surface area contributed by atoms with Gasteiger partial charge in [-0.2, -0.15) is 0 Å². The minimum atomic E-state index is 0.673. The molecule has 0 aliphatic heterocycles. The Hall–Kier alpha value is -2.00. The van der Waals surface area contributed by atoms with Crippen LogP contribution < -0.4 is 5.73 Å². The molecule has 17 heavy (non-hydrogen) atoms. The summed E-state index contributed by atoms with van der Waals surface area (Å²) >= 11 is 6.01. The molecule has 0 saturated carbocycles. The van der Waals surface area contributed by atoms with Gasteiger partial charge in [-0.15, -0.1) is 0 Å². The van der Waals surface area contributed by atoms with Crippen molar-refractivity contribution < 1.29 is 0 Å². The Kier molecular flexibility index (Phi) is 2.27. The van der Waals surface area contributed by atoms with Gasteiger partial charge in [-0.1, -0.05) is 17.7 Å². The lowest BCUT2D eigenvalue weighted by Gasteiger charge is -2.08. The van der Waals surface area contributed by atoms with E-state index in [9.17, 15) is 0 Å². The molecule has 0 aliphatic rings. The zero-order valence-electron chi connectivity index (χ0n) is 8.97. The summed E-state index contributed by atoms with van der Waals surface area (Å²) in [6, 6.07) is 11.4. The number of benzene rings is 1. The number of fused-ring (bicyclic) bond motifs is 1. The summed E-state index contributed by atoms with van der Waals surface area (Å²) in [5.41, 5.74) is 9.49. The van der Waals surface area contributed by atoms with E-state index < -0.39 is 0 Å². The molecular formula is C13H10ClN3. The van der Waals surface area contributed by atoms with Crippen LogP contribution in [-0.2, 0) is 0 Å². The van der Waals surface area contributed by atoms with E-state index in [0.717, 1.165) is 16.9 Å². The molecule has 3 rings (SSSR count). The van der Waals surface area contributed by atoms with Gasteiger partial charge in [0, 0.05) is 28.7 Å². The van der Waals surface area contributed by atoms with Crippen LogP contribution in [0.4, 0.5) is 5.69 Å². The Morgan fingerprint density at radius 2 is 2.06 bits per heavy atom. The highest BCUT2D eigenvalue weighted by Crippen LogP contribution is 2.29. The van der Waals surface area contributed by atoms with Crippen molar-refractivity contribution in [1.29, 1.82) is 0 Å². The Morgan fingerprint density at radius 3 is 2.94 bits per heavy atom. The van der Waals surface area contributed by atoms with Gasteiger partial charge in [0.25, 0.3) is 0 Å². The molecule has 3 nitrogen and oxygen atoms in total. The highest BCUT2D eigenvalue weighted by Gasteiger charge is 2.07. The number of halogens is 1. The monoisotopic (exact) mass is 243 g/mol. The number of nitrogen functional groups attached to an aromatic ring is 1. The molecule has 0 radical (unpaired) electrons. The maximum absolute atomic E-state index is 6.01. The number of pyridine rings is 1. The maximum Gasteiger partial charge on any atom is 0.137 e. The third kappa shape index (κ3) is 1.65. The van der Waals surface area contributed by atoms with E-state index in [-0.39, 0.29) is 0 Å². The van der Waals surface area contributed by atoms with Crippen molar-refractivity contribution in [2.45, 2.75) is 0 Å². The first-order chi connectivity index (χ1) is 8.25. The van der Waals surface area contributed by atoms with Gasteiger partial charge in [0.2, 0.25) is 0 Å². The van der Waals surface area contributed by atoms with E-state index in [1.807, 2.05) is 40.9 Å². The first-order valence-electron chi connectivity index (χ1n) is 5.23. The number of imidazole rings is 1. The SMILES string of the molecule is Nc1ccc(Cl)cc1-c1cccc2nccn12. The fourth-order valence-corrected chi connectivity index (χ4v) is 2.09. The molecule has 4 heteroatoms. The molecule has 0 amide bonds. The molecule has 0 unspecified atom stereocenters. The average Bonchev–Trinajstić information content (AvgIpc) is 2.80. The van der Waals surface area contributed by atoms with Gasteiger partial charge in [0.15, 0.2) is 0 Å². The maximum atomic E-state index is 6.01. The number of rotatable bonds is 1. The molecule has 0 saturated heterocycles. The summed E-state index contributed by atoms with van der Waals surface area (Å²) in [4.78, 5) is 4.25. The van der Waals surface area contributed by atoms with Crippen LogP contribution in [0.1, 0.15) is 0 Å². The standard InChI is InChI=1S/C13H10ClN3/c14-9-4-5-11(15)10(8-9)12-2-1-3-13-16-6-7-17(12)13/h1-8H,15H2. The van der Waals surface area contributed by atoms with Gasteiger partial charge in [-0.25, -0.2) is 4.98 Å². The van der Waals surface area contributed by atoms with Crippen molar-refractivity contribution in [3.63, 3.8) is 0 Å². The predicted octanol–water partition coefficient (Wildman–Crippen LogP) is 3.24. The Morgan fingerprint density at radius 1 is 1.18 bits per heavy atom. The van der Waals surface area contributed by atoms with E-state index >= 15 is 0 Å². The summed E-state index contributed by atoms with van der Waals surface area (Å²) in [7, 11) is 0. The second kappa shape index (κ2) is 3.79. The third-order valence-electron chi connectivity index (χ3n) is 2.72. The summed E-state index contributed by atoms with van der Waals surface area (Å²) < 4.78 is 1.99. The zero-order valence-corrected chi connectivity index (χ0v) is 9.72. The molecule has 0 bridgehead atoms. The third-order valence-corrected chi connectivity index (χ3v) is 2.95. The van der Waals surface area contributed by atoms with Gasteiger partial charge < -0.3 is 5.73 Å². The van der Waals surface area contributed by atoms with Crippen molar-refractivity contribution in [2.75, 3.05) is 5.73 Å². The van der Waals surface area contributed by atoms with Gasteiger partial charge in [-0.05, 0) is 30.3 Å². The van der Waals surface area contributed by atoms with Gasteiger partial charge in [0.1, 0.15) is 5.65 Å². The minimum Gasteiger partial charge on any atom is -0.398 e. The van der Waals surface area contributed by atoms with Crippen molar-refractivity contribution in [2.24, 2.45) is 0 Å². The molecule has 3 aromatic rings. The minimum absolute atomic E-state index is 0.673. The van der Waals surface area contributed by atoms with E-state index in [2.05, 4.69) is 4.98 Å². The highest BCUT2D eigenvalue weighted by atomic mass is 35.5. The summed E-state index contributed by atoms with van der Waals surface area (Å²) in [6.45, 7) is 0. The van der Waals surface area contributed by atoms with Crippen molar-refractivity contribution in [3.8, 4) is 11.3 Å². The van der Waals surface area contributed by atoms with Crippen LogP contribution >= 0.6 is 11.6 Å². The molecule has 84 valence electrons. The summed E-state index contributed by atoms with van der Waals surface area (Å²) in [6.07, 6.45) is 3.67. The first kappa shape index (κ1) is 10.2. The Labute approximate surface area is 103 Å². The topological polar surface area (TPSA) is 43.3 Å². The molecule has 0 atom stereocenters. The van der Waals surface area contributed by atoms with Crippen molar-refractivity contribution >= 4 is 22.9 Å². The fraction of sp³-hybridized carbons (Fsp3) is 0. The largest absolute Gasteiger partial charge is 0.398 e. The zero-order chi connectivity index (χ0) is 11.8. The lowest BCUT2D eigenvalue weighted by Crippen LogP contribution is -1.95. The lowest BCUT2D eigenvalue weighted by atomic mass is 10.1. The quantitative estimate of drug-likeness (QED) is 0.667. The summed E-state index contributed by atoms with van der Waals surface area (Å²) in [5.74, 6) is 0. The van der Waals surface area contributed by atoms with Crippen LogP contribution in [0.5, 0.6) is 0 Å². The molecule has 1 aromatic carbocycles. The van der Waals surface area contributed by atoms with E-state index in [1.54, 1.807) is 12.3 Å². The van der Waals surface area contributed by atoms with Crippen LogP contribution in [0.2, 0.25) is 5.02 Å². The second-order valence-corrected chi connectivity index (χ2v) is 4.23. The Bertz CT molecular complexity index is 688. The smallest absolute Gasteiger partial charge is 0.137 e. The number of hydrogen-bond acceptors (Lipinski definition) is 2. The number of nitrogens with zero attached hydrogens (tertiary/aromatic N) is 2. The molecule has 0 spiro atoms. The second-order valence-electron chi connectivity index (χ2n) is 3.80.